The normalized spacial score (nSPS) is 16.0. The first kappa shape index (κ1) is 82.9. The second-order valence-corrected chi connectivity index (χ2v) is 22.3. The summed E-state index contributed by atoms with van der Waals surface area (Å²) in [5, 5.41) is 32.8. The summed E-state index contributed by atoms with van der Waals surface area (Å²) in [4.78, 5) is 163. The molecule has 1 aromatic rings. The summed E-state index contributed by atoms with van der Waals surface area (Å²) in [5.74, 6) is -12.9. The highest BCUT2D eigenvalue weighted by Crippen LogP contribution is 2.22. The lowest BCUT2D eigenvalue weighted by Crippen LogP contribution is -2.64. The van der Waals surface area contributed by atoms with Crippen molar-refractivity contribution in [3.05, 3.63) is 30.0 Å². The van der Waals surface area contributed by atoms with Gasteiger partial charge in [-0.25, -0.2) is 9.78 Å². The van der Waals surface area contributed by atoms with Crippen LogP contribution in [0.1, 0.15) is 108 Å². The first-order chi connectivity index (χ1) is 45.2. The van der Waals surface area contributed by atoms with Crippen LogP contribution in [0.15, 0.2) is 29.3 Å². The number of ether oxygens (including phenoxy) is 1. The number of carbonyl (C=O) groups is 11. The maximum absolute atomic E-state index is 14.6. The molecule has 0 saturated carbocycles. The molecule has 0 aromatic carbocycles. The standard InChI is InChI=1S/C56H100F3N23O13/c57-56(58,59)54(94)95-41(28-66)44(81-52(92)43(40(83)27-65)80-45(85)33(67)12-1-4-18-60)51(91)73-30-42(84)75-37(15-9-22-64)53(93)82-25-11-17-39(82)50(90)79-38(26-32-29-70-31-74-32)49(89)78-35(14-3-6-20-62)47(87)77-36(16-10-24-72-55(68)69)48(88)76-34(13-2-5-19-61)46(86)71-23-8-7-21-63/h16,29,31,33-35,37-41,43-44,83H,1-15,17-28,30,60-67H2,(H,70,74)(H,71,86)(H,73,91)(H,75,84)(H,76,88)(H,77,87)(H,78,89)(H,79,90)(H,80,85)(H,81,92)(H4,68,69,72)/b36-16-/t33-,34-,35-,37+,38-,39-,40-,41-,43-,44-/m0/s1. The van der Waals surface area contributed by atoms with Gasteiger partial charge in [0.2, 0.25) is 53.2 Å². The van der Waals surface area contributed by atoms with Crippen molar-refractivity contribution in [3.63, 3.8) is 0 Å². The van der Waals surface area contributed by atoms with E-state index in [1.54, 1.807) is 0 Å². The van der Waals surface area contributed by atoms with Gasteiger partial charge in [-0.15, -0.1) is 0 Å². The number of aromatic nitrogens is 2. The van der Waals surface area contributed by atoms with Crippen LogP contribution in [0.2, 0.25) is 0 Å². The van der Waals surface area contributed by atoms with Gasteiger partial charge in [0.05, 0.1) is 25.0 Å². The van der Waals surface area contributed by atoms with Crippen LogP contribution in [0, 0.1) is 0 Å². The molecule has 95 heavy (non-hydrogen) atoms. The van der Waals surface area contributed by atoms with Gasteiger partial charge in [0, 0.05) is 51.0 Å². The number of nitrogens with zero attached hydrogens (tertiary/aromatic N) is 3. The zero-order chi connectivity index (χ0) is 71.0. The van der Waals surface area contributed by atoms with Gasteiger partial charge in [0.15, 0.2) is 5.96 Å². The SMILES string of the molecule is NCCCCNC(=O)[C@H](CCCCN)NC(=O)/C(=C/CCN=C(N)N)NC(=O)[C@H](CCCCN)NC(=O)[C@H](Cc1cnc[nH]1)NC(=O)[C@@H]1CCCN1C(=O)[C@@H](CCCN)NC(=O)CNC(=O)[C@@H](NC(=O)[C@@H](NC(=O)[C@@H](N)CCCCN)[C@@H](O)CN)[C@H](CN)OC(=O)C(F)(F)F. The number of unbranched alkanes of at least 4 members (excludes halogenated alkanes) is 4. The number of nitrogens with one attached hydrogen (secondary N) is 10. The number of imidazole rings is 1. The van der Waals surface area contributed by atoms with E-state index in [1.165, 1.54) is 18.6 Å². The highest BCUT2D eigenvalue weighted by Gasteiger charge is 2.46. The summed E-state index contributed by atoms with van der Waals surface area (Å²) in [6, 6.07) is -12.3. The van der Waals surface area contributed by atoms with Gasteiger partial charge in [-0.1, -0.05) is 12.5 Å². The molecule has 0 radical (unpaired) electrons. The zero-order valence-electron chi connectivity index (χ0n) is 53.4. The monoisotopic (exact) mass is 1360 g/mol. The zero-order valence-corrected chi connectivity index (χ0v) is 53.4. The Morgan fingerprint density at radius 1 is 0.674 bits per heavy atom. The van der Waals surface area contributed by atoms with E-state index in [2.05, 4.69) is 62.2 Å². The number of hydrogen-bond acceptors (Lipinski definition) is 23. The van der Waals surface area contributed by atoms with Gasteiger partial charge >= 0.3 is 12.1 Å². The molecule has 2 heterocycles. The van der Waals surface area contributed by atoms with Crippen LogP contribution in [-0.2, 0) is 63.9 Å². The number of esters is 1. The average Bonchev–Trinajstić information content (AvgIpc) is 1.81. The number of rotatable bonds is 47. The van der Waals surface area contributed by atoms with Crippen LogP contribution in [-0.4, -0.2) is 230 Å². The van der Waals surface area contributed by atoms with Crippen molar-refractivity contribution in [2.24, 2.45) is 62.3 Å². The molecule has 0 aliphatic carbocycles. The number of alkyl halides is 3. The summed E-state index contributed by atoms with van der Waals surface area (Å²) < 4.78 is 44.9. The first-order valence-corrected chi connectivity index (χ1v) is 31.5. The number of carbonyl (C=O) groups excluding carboxylic acids is 11. The Labute approximate surface area is 548 Å². The molecule has 10 amide bonds. The summed E-state index contributed by atoms with van der Waals surface area (Å²) >= 11 is 0. The maximum Gasteiger partial charge on any atom is 0.490 e. The second-order valence-electron chi connectivity index (χ2n) is 22.3. The molecule has 1 aromatic heterocycles. The highest BCUT2D eigenvalue weighted by molar-refractivity contribution is 6.02. The Morgan fingerprint density at radius 2 is 1.27 bits per heavy atom. The minimum absolute atomic E-state index is 0.00966. The third-order valence-electron chi connectivity index (χ3n) is 14.7. The number of hydrogen-bond donors (Lipinski definition) is 21. The largest absolute Gasteiger partial charge is 0.490 e. The third-order valence-corrected chi connectivity index (χ3v) is 14.7. The van der Waals surface area contributed by atoms with Crippen LogP contribution in [0.3, 0.4) is 0 Å². The molecule has 1 saturated heterocycles. The fourth-order valence-corrected chi connectivity index (χ4v) is 9.56. The molecular formula is C56H100F3N23O13. The van der Waals surface area contributed by atoms with E-state index >= 15 is 0 Å². The number of halogens is 3. The number of nitrogens with two attached hydrogens (primary N) is 10. The molecule has 0 unspecified atom stereocenters. The minimum atomic E-state index is -5.63. The first-order valence-electron chi connectivity index (χ1n) is 31.5. The Kier molecular flexibility index (Phi) is 39.5. The smallest absolute Gasteiger partial charge is 0.452 e. The van der Waals surface area contributed by atoms with E-state index in [1.807, 2.05) is 5.32 Å². The lowest BCUT2D eigenvalue weighted by atomic mass is 10.0. The molecule has 1 aliphatic heterocycles. The van der Waals surface area contributed by atoms with Gasteiger partial charge in [-0.2, -0.15) is 13.2 Å². The van der Waals surface area contributed by atoms with Gasteiger partial charge in [-0.05, 0) is 129 Å². The fourth-order valence-electron chi connectivity index (χ4n) is 9.56. The molecule has 2 rings (SSSR count). The topological polar surface area (TPSA) is 630 Å². The van der Waals surface area contributed by atoms with Gasteiger partial charge < -0.3 is 125 Å². The number of aromatic amines is 1. The van der Waals surface area contributed by atoms with Crippen molar-refractivity contribution in [2.75, 3.05) is 72.0 Å². The van der Waals surface area contributed by atoms with E-state index < -0.39 is 151 Å². The van der Waals surface area contributed by atoms with Crippen LogP contribution in [0.5, 0.6) is 0 Å². The number of H-pyrrole nitrogens is 1. The lowest BCUT2D eigenvalue weighted by molar-refractivity contribution is -0.205. The molecule has 39 heteroatoms. The van der Waals surface area contributed by atoms with E-state index in [0.29, 0.717) is 63.7 Å². The number of aliphatic hydroxyl groups is 1. The molecule has 1 aliphatic rings. The summed E-state index contributed by atoms with van der Waals surface area (Å²) in [6.45, 7) is -1.38. The van der Waals surface area contributed by atoms with Gasteiger partial charge in [0.25, 0.3) is 5.91 Å². The molecular weight excluding hydrogens is 1260 g/mol. The van der Waals surface area contributed by atoms with Gasteiger partial charge in [-0.3, -0.25) is 52.9 Å². The molecule has 0 spiro atoms. The average molecular weight is 1360 g/mol. The molecule has 1 fully saturated rings. The van der Waals surface area contributed by atoms with Gasteiger partial charge in [0.1, 0.15) is 54.1 Å². The van der Waals surface area contributed by atoms with Crippen molar-refractivity contribution in [3.8, 4) is 0 Å². The lowest BCUT2D eigenvalue weighted by Gasteiger charge is -2.31. The van der Waals surface area contributed by atoms with E-state index in [9.17, 15) is 71.0 Å². The Bertz CT molecular complexity index is 2660. The Balaban J connectivity index is 2.47. The summed E-state index contributed by atoms with van der Waals surface area (Å²) in [7, 11) is 0. The predicted molar refractivity (Wildman–Crippen MR) is 339 cm³/mol. The van der Waals surface area contributed by atoms with Crippen LogP contribution >= 0.6 is 0 Å². The van der Waals surface area contributed by atoms with Crippen molar-refractivity contribution < 1.29 is 75.8 Å². The Hall–Kier alpha value is -8.18. The molecule has 0 bridgehead atoms. The highest BCUT2D eigenvalue weighted by atomic mass is 19.4. The summed E-state index contributed by atoms with van der Waals surface area (Å²) in [6.07, 6.45) is -1.76. The van der Waals surface area contributed by atoms with Crippen molar-refractivity contribution in [1.82, 2.24) is 62.7 Å². The predicted octanol–water partition coefficient (Wildman–Crippen LogP) is -8.31. The van der Waals surface area contributed by atoms with Crippen LogP contribution in [0.4, 0.5) is 13.2 Å². The summed E-state index contributed by atoms with van der Waals surface area (Å²) in [5.41, 5.74) is 56.6. The number of guanidine groups is 1. The number of aliphatic imine (C=N–C) groups is 1. The maximum atomic E-state index is 14.6. The Morgan fingerprint density at radius 3 is 1.85 bits per heavy atom. The fraction of sp³-hybridized carbons (Fsp3) is 0.696. The third kappa shape index (κ3) is 30.8. The number of aliphatic hydroxyl groups excluding tert-OH is 1. The van der Waals surface area contributed by atoms with Crippen molar-refractivity contribution in [2.45, 2.75) is 176 Å². The van der Waals surface area contributed by atoms with Crippen molar-refractivity contribution >= 4 is 71.0 Å². The molecule has 36 nitrogen and oxygen atoms in total. The van der Waals surface area contributed by atoms with E-state index in [4.69, 9.17) is 57.3 Å². The minimum Gasteiger partial charge on any atom is -0.452 e. The van der Waals surface area contributed by atoms with Crippen LogP contribution in [0.25, 0.3) is 0 Å². The number of amides is 10. The second kappa shape index (κ2) is 45.2. The van der Waals surface area contributed by atoms with E-state index in [0.717, 1.165) is 4.90 Å². The molecule has 31 N–H and O–H groups in total. The van der Waals surface area contributed by atoms with E-state index in [-0.39, 0.29) is 115 Å². The van der Waals surface area contributed by atoms with Crippen LogP contribution < -0.4 is 105 Å². The number of likely N-dealkylation sites (tertiary alicyclic amines) is 1. The van der Waals surface area contributed by atoms with Crippen molar-refractivity contribution in [1.29, 1.82) is 0 Å². The quantitative estimate of drug-likeness (QED) is 0.00947. The molecule has 10 atom stereocenters. The molecule has 538 valence electrons.